The molecule has 1 aliphatic heterocycles. The van der Waals surface area contributed by atoms with Gasteiger partial charge in [0.05, 0.1) is 6.54 Å². The van der Waals surface area contributed by atoms with Crippen LogP contribution in [0.5, 0.6) is 0 Å². The van der Waals surface area contributed by atoms with Crippen molar-refractivity contribution in [3.63, 3.8) is 0 Å². The Bertz CT molecular complexity index is 886. The van der Waals surface area contributed by atoms with E-state index in [1.54, 1.807) is 19.0 Å². The molecule has 140 valence electrons. The molecule has 2 aromatic rings. The van der Waals surface area contributed by atoms with Gasteiger partial charge in [0, 0.05) is 27.2 Å². The summed E-state index contributed by atoms with van der Waals surface area (Å²) in [5.74, 6) is 0.267. The van der Waals surface area contributed by atoms with Gasteiger partial charge in [0.25, 0.3) is 0 Å². The molecule has 26 heavy (non-hydrogen) atoms. The quantitative estimate of drug-likeness (QED) is 0.790. The van der Waals surface area contributed by atoms with E-state index in [2.05, 4.69) is 10.1 Å². The van der Waals surface area contributed by atoms with Crippen molar-refractivity contribution in [2.24, 2.45) is 0 Å². The second-order valence-electron chi connectivity index (χ2n) is 6.10. The molecule has 3 rings (SSSR count). The molecular weight excluding hydrogens is 353 g/mol. The van der Waals surface area contributed by atoms with Crippen LogP contribution in [0.15, 0.2) is 23.0 Å². The van der Waals surface area contributed by atoms with Gasteiger partial charge in [0.15, 0.2) is 5.82 Å². The number of fused-ring (bicyclic) bond motifs is 1. The number of rotatable bonds is 3. The molecule has 0 aliphatic carbocycles. The largest absolute Gasteiger partial charge is 0.433 e. The summed E-state index contributed by atoms with van der Waals surface area (Å²) in [6.45, 7) is 0.511. The van der Waals surface area contributed by atoms with Crippen molar-refractivity contribution in [1.82, 2.24) is 24.2 Å². The first-order chi connectivity index (χ1) is 12.2. The predicted octanol–water partition coefficient (Wildman–Crippen LogP) is 0.567. The van der Waals surface area contributed by atoms with Crippen molar-refractivity contribution in [3.05, 3.63) is 40.2 Å². The summed E-state index contributed by atoms with van der Waals surface area (Å²) in [6, 6.07) is 3.68. The Kier molecular flexibility index (Phi) is 4.46. The van der Waals surface area contributed by atoms with Crippen LogP contribution in [0.1, 0.15) is 11.5 Å². The number of carbonyl (C=O) groups excluding carboxylic acids is 1. The molecule has 1 amide bonds. The minimum Gasteiger partial charge on any atom is -0.347 e. The standard InChI is InChI=1S/C15H17F3N6O2/c1-21(2)13(25)9-24-14(26)23-7-6-22(8-12(23)20-24)11-5-3-4-10(19-11)15(16,17)18/h3-5H,6-9H2,1-2H3. The van der Waals surface area contributed by atoms with Crippen LogP contribution >= 0.6 is 0 Å². The van der Waals surface area contributed by atoms with E-state index >= 15 is 0 Å². The number of nitrogens with zero attached hydrogens (tertiary/aromatic N) is 6. The molecule has 0 fully saturated rings. The van der Waals surface area contributed by atoms with Crippen LogP contribution in [0.3, 0.4) is 0 Å². The minimum atomic E-state index is -4.53. The molecule has 0 N–H and O–H groups in total. The average Bonchev–Trinajstić information content (AvgIpc) is 2.89. The summed E-state index contributed by atoms with van der Waals surface area (Å²) in [5.41, 5.74) is -1.38. The summed E-state index contributed by atoms with van der Waals surface area (Å²) >= 11 is 0. The Hall–Kier alpha value is -2.85. The zero-order valence-corrected chi connectivity index (χ0v) is 14.2. The third-order valence-corrected chi connectivity index (χ3v) is 4.06. The lowest BCUT2D eigenvalue weighted by Crippen LogP contribution is -2.39. The lowest BCUT2D eigenvalue weighted by Gasteiger charge is -2.28. The van der Waals surface area contributed by atoms with Crippen molar-refractivity contribution < 1.29 is 18.0 Å². The van der Waals surface area contributed by atoms with Crippen LogP contribution in [0.4, 0.5) is 19.0 Å². The van der Waals surface area contributed by atoms with E-state index in [0.717, 1.165) is 10.7 Å². The summed E-state index contributed by atoms with van der Waals surface area (Å²) in [7, 11) is 3.15. The predicted molar refractivity (Wildman–Crippen MR) is 85.5 cm³/mol. The lowest BCUT2D eigenvalue weighted by molar-refractivity contribution is -0.141. The van der Waals surface area contributed by atoms with Gasteiger partial charge in [-0.05, 0) is 12.1 Å². The number of aromatic nitrogens is 4. The molecule has 3 heterocycles. The van der Waals surface area contributed by atoms with Crippen LogP contribution < -0.4 is 10.6 Å². The Morgan fingerprint density at radius 3 is 2.65 bits per heavy atom. The van der Waals surface area contributed by atoms with E-state index in [4.69, 9.17) is 0 Å². The second-order valence-corrected chi connectivity index (χ2v) is 6.10. The molecule has 0 saturated carbocycles. The summed E-state index contributed by atoms with van der Waals surface area (Å²) in [6.07, 6.45) is -4.53. The van der Waals surface area contributed by atoms with Crippen molar-refractivity contribution in [2.45, 2.75) is 25.8 Å². The van der Waals surface area contributed by atoms with E-state index in [-0.39, 0.29) is 31.4 Å². The number of amides is 1. The zero-order chi connectivity index (χ0) is 19.1. The Morgan fingerprint density at radius 2 is 2.00 bits per heavy atom. The van der Waals surface area contributed by atoms with E-state index in [0.29, 0.717) is 12.4 Å². The molecule has 0 radical (unpaired) electrons. The first-order valence-corrected chi connectivity index (χ1v) is 7.82. The average molecular weight is 370 g/mol. The zero-order valence-electron chi connectivity index (χ0n) is 14.2. The van der Waals surface area contributed by atoms with Crippen LogP contribution in [0.25, 0.3) is 0 Å². The number of carbonyl (C=O) groups is 1. The van der Waals surface area contributed by atoms with E-state index in [9.17, 15) is 22.8 Å². The van der Waals surface area contributed by atoms with Crippen LogP contribution in [-0.4, -0.2) is 50.8 Å². The maximum atomic E-state index is 12.8. The normalized spacial score (nSPS) is 14.3. The Balaban J connectivity index is 1.84. The Morgan fingerprint density at radius 1 is 1.27 bits per heavy atom. The van der Waals surface area contributed by atoms with Crippen LogP contribution in [0.2, 0.25) is 0 Å². The molecular formula is C15H17F3N6O2. The molecule has 8 nitrogen and oxygen atoms in total. The van der Waals surface area contributed by atoms with Crippen LogP contribution in [-0.2, 0) is 30.6 Å². The molecule has 0 aromatic carbocycles. The summed E-state index contributed by atoms with van der Waals surface area (Å²) in [5, 5.41) is 4.15. The number of alkyl halides is 3. The molecule has 0 saturated heterocycles. The van der Waals surface area contributed by atoms with Crippen LogP contribution in [0, 0.1) is 0 Å². The lowest BCUT2D eigenvalue weighted by atomic mass is 10.3. The van der Waals surface area contributed by atoms with Gasteiger partial charge >= 0.3 is 11.9 Å². The molecule has 2 aromatic heterocycles. The molecule has 0 spiro atoms. The molecule has 11 heteroatoms. The van der Waals surface area contributed by atoms with E-state index in [1.807, 2.05) is 0 Å². The molecule has 0 bridgehead atoms. The number of hydrogen-bond donors (Lipinski definition) is 0. The Labute approximate surface area is 146 Å². The van der Waals surface area contributed by atoms with Gasteiger partial charge < -0.3 is 9.80 Å². The highest BCUT2D eigenvalue weighted by atomic mass is 19.4. The number of anilines is 1. The molecule has 0 unspecified atom stereocenters. The fraction of sp³-hybridized carbons (Fsp3) is 0.467. The smallest absolute Gasteiger partial charge is 0.347 e. The summed E-state index contributed by atoms with van der Waals surface area (Å²) in [4.78, 5) is 30.7. The van der Waals surface area contributed by atoms with Gasteiger partial charge in [0.1, 0.15) is 18.1 Å². The SMILES string of the molecule is CN(C)C(=O)Cn1nc2n(c1=O)CCN(c1cccc(C(F)(F)F)n1)C2. The number of pyridine rings is 1. The minimum absolute atomic E-state index is 0.132. The van der Waals surface area contributed by atoms with Gasteiger partial charge in [-0.2, -0.15) is 18.3 Å². The number of hydrogen-bond acceptors (Lipinski definition) is 5. The summed E-state index contributed by atoms with van der Waals surface area (Å²) < 4.78 is 41.0. The first kappa shape index (κ1) is 18.0. The molecule has 0 atom stereocenters. The number of likely N-dealkylation sites (N-methyl/N-ethyl adjacent to an activating group) is 1. The van der Waals surface area contributed by atoms with Gasteiger partial charge in [-0.25, -0.2) is 14.5 Å². The second kappa shape index (κ2) is 6.46. The van der Waals surface area contributed by atoms with E-state index < -0.39 is 17.6 Å². The third-order valence-electron chi connectivity index (χ3n) is 4.06. The maximum absolute atomic E-state index is 12.8. The highest BCUT2D eigenvalue weighted by Crippen LogP contribution is 2.29. The van der Waals surface area contributed by atoms with Crippen molar-refractivity contribution in [2.75, 3.05) is 25.5 Å². The van der Waals surface area contributed by atoms with Crippen molar-refractivity contribution in [3.8, 4) is 0 Å². The van der Waals surface area contributed by atoms with E-state index in [1.165, 1.54) is 21.6 Å². The van der Waals surface area contributed by atoms with Crippen molar-refractivity contribution in [1.29, 1.82) is 0 Å². The third kappa shape index (κ3) is 3.41. The van der Waals surface area contributed by atoms with Gasteiger partial charge in [-0.15, -0.1) is 0 Å². The number of halogens is 3. The fourth-order valence-electron chi connectivity index (χ4n) is 2.62. The van der Waals surface area contributed by atoms with Gasteiger partial charge in [0.2, 0.25) is 5.91 Å². The highest BCUT2D eigenvalue weighted by Gasteiger charge is 2.33. The first-order valence-electron chi connectivity index (χ1n) is 7.82. The molecule has 1 aliphatic rings. The fourth-order valence-corrected chi connectivity index (χ4v) is 2.62. The topological polar surface area (TPSA) is 76.3 Å². The van der Waals surface area contributed by atoms with Gasteiger partial charge in [-0.1, -0.05) is 6.07 Å². The maximum Gasteiger partial charge on any atom is 0.433 e. The van der Waals surface area contributed by atoms with Gasteiger partial charge in [-0.3, -0.25) is 9.36 Å². The monoisotopic (exact) mass is 370 g/mol. The van der Waals surface area contributed by atoms with Crippen molar-refractivity contribution >= 4 is 11.7 Å². The highest BCUT2D eigenvalue weighted by molar-refractivity contribution is 5.75.